The Hall–Kier alpha value is -0.530. The van der Waals surface area contributed by atoms with E-state index in [-0.39, 0.29) is 12.4 Å². The molecule has 0 heterocycles. The predicted octanol–water partition coefficient (Wildman–Crippen LogP) is 3.34. The van der Waals surface area contributed by atoms with Crippen LogP contribution in [0.25, 0.3) is 0 Å². The molecule has 2 atom stereocenters. The first kappa shape index (κ1) is 12.5. The van der Waals surface area contributed by atoms with Crippen molar-refractivity contribution in [3.05, 3.63) is 35.9 Å². The standard InChI is InChI=1S/C13H19N.ClH/c14-10-12-8-4-5-9-13(12)11-6-2-1-3-7-11;/h1-3,6-7,12-13H,4-5,8-10,14H2;1H. The summed E-state index contributed by atoms with van der Waals surface area (Å²) in [6.07, 6.45) is 5.38. The van der Waals surface area contributed by atoms with Gasteiger partial charge in [0.25, 0.3) is 0 Å². The highest BCUT2D eigenvalue weighted by Gasteiger charge is 2.24. The molecule has 0 aliphatic heterocycles. The van der Waals surface area contributed by atoms with Crippen LogP contribution >= 0.6 is 12.4 Å². The van der Waals surface area contributed by atoms with Crippen LogP contribution in [-0.4, -0.2) is 6.54 Å². The first-order valence-corrected chi connectivity index (χ1v) is 5.67. The maximum atomic E-state index is 5.83. The fourth-order valence-corrected chi connectivity index (χ4v) is 2.63. The van der Waals surface area contributed by atoms with Crippen molar-refractivity contribution in [2.75, 3.05) is 6.54 Å². The van der Waals surface area contributed by atoms with Gasteiger partial charge in [-0.1, -0.05) is 43.2 Å². The molecule has 1 saturated carbocycles. The first-order chi connectivity index (χ1) is 6.92. The molecule has 15 heavy (non-hydrogen) atoms. The molecule has 0 aromatic heterocycles. The van der Waals surface area contributed by atoms with Crippen LogP contribution in [0, 0.1) is 5.92 Å². The largest absolute Gasteiger partial charge is 0.330 e. The van der Waals surface area contributed by atoms with Crippen LogP contribution in [0.3, 0.4) is 0 Å². The SMILES string of the molecule is Cl.NCC1CCCCC1c1ccccc1. The molecule has 2 unspecified atom stereocenters. The third kappa shape index (κ3) is 2.96. The van der Waals surface area contributed by atoms with Crippen LogP contribution in [0.15, 0.2) is 30.3 Å². The van der Waals surface area contributed by atoms with Crippen LogP contribution in [0.1, 0.15) is 37.2 Å². The minimum atomic E-state index is 0. The summed E-state index contributed by atoms with van der Waals surface area (Å²) in [5.41, 5.74) is 7.32. The molecule has 84 valence electrons. The van der Waals surface area contributed by atoms with E-state index in [9.17, 15) is 0 Å². The van der Waals surface area contributed by atoms with Crippen LogP contribution in [0.4, 0.5) is 0 Å². The molecule has 1 aromatic carbocycles. The summed E-state index contributed by atoms with van der Waals surface area (Å²) in [7, 11) is 0. The molecule has 0 amide bonds. The van der Waals surface area contributed by atoms with Crippen molar-refractivity contribution in [1.82, 2.24) is 0 Å². The van der Waals surface area contributed by atoms with Crippen molar-refractivity contribution >= 4 is 12.4 Å². The maximum absolute atomic E-state index is 5.83. The zero-order chi connectivity index (χ0) is 9.80. The second-order valence-electron chi connectivity index (χ2n) is 4.30. The van der Waals surface area contributed by atoms with Crippen molar-refractivity contribution in [1.29, 1.82) is 0 Å². The Morgan fingerprint density at radius 2 is 1.73 bits per heavy atom. The predicted molar refractivity (Wildman–Crippen MR) is 67.4 cm³/mol. The highest BCUT2D eigenvalue weighted by atomic mass is 35.5. The molecular formula is C13H20ClN. The number of benzene rings is 1. The lowest BCUT2D eigenvalue weighted by Crippen LogP contribution is -2.25. The van der Waals surface area contributed by atoms with Crippen LogP contribution in [0.2, 0.25) is 0 Å². The van der Waals surface area contributed by atoms with Gasteiger partial charge in [0.15, 0.2) is 0 Å². The molecule has 1 fully saturated rings. The summed E-state index contributed by atoms with van der Waals surface area (Å²) in [5, 5.41) is 0. The van der Waals surface area contributed by atoms with Crippen molar-refractivity contribution in [3.63, 3.8) is 0 Å². The van der Waals surface area contributed by atoms with Gasteiger partial charge in [-0.05, 0) is 36.8 Å². The molecular weight excluding hydrogens is 206 g/mol. The second-order valence-corrected chi connectivity index (χ2v) is 4.30. The van der Waals surface area contributed by atoms with E-state index in [1.807, 2.05) is 0 Å². The molecule has 0 radical (unpaired) electrons. The van der Waals surface area contributed by atoms with Gasteiger partial charge in [0.1, 0.15) is 0 Å². The second kappa shape index (κ2) is 6.14. The fourth-order valence-electron chi connectivity index (χ4n) is 2.63. The number of rotatable bonds is 2. The quantitative estimate of drug-likeness (QED) is 0.821. The zero-order valence-corrected chi connectivity index (χ0v) is 9.88. The monoisotopic (exact) mass is 225 g/mol. The van der Waals surface area contributed by atoms with Crippen molar-refractivity contribution in [2.45, 2.75) is 31.6 Å². The Bertz CT molecular complexity index is 273. The Morgan fingerprint density at radius 3 is 2.40 bits per heavy atom. The highest BCUT2D eigenvalue weighted by Crippen LogP contribution is 2.36. The molecule has 2 heteroatoms. The fraction of sp³-hybridized carbons (Fsp3) is 0.538. The number of hydrogen-bond acceptors (Lipinski definition) is 1. The average Bonchev–Trinajstić information content (AvgIpc) is 2.30. The Morgan fingerprint density at radius 1 is 1.07 bits per heavy atom. The van der Waals surface area contributed by atoms with E-state index < -0.39 is 0 Å². The molecule has 0 bridgehead atoms. The molecule has 1 nitrogen and oxygen atoms in total. The molecule has 1 aromatic rings. The van der Waals surface area contributed by atoms with Gasteiger partial charge in [-0.2, -0.15) is 0 Å². The number of halogens is 1. The molecule has 0 spiro atoms. The van der Waals surface area contributed by atoms with Gasteiger partial charge in [-0.3, -0.25) is 0 Å². The van der Waals surface area contributed by atoms with E-state index in [0.29, 0.717) is 5.92 Å². The van der Waals surface area contributed by atoms with E-state index in [2.05, 4.69) is 30.3 Å². The van der Waals surface area contributed by atoms with Crippen LogP contribution < -0.4 is 5.73 Å². The van der Waals surface area contributed by atoms with Gasteiger partial charge >= 0.3 is 0 Å². The third-order valence-electron chi connectivity index (χ3n) is 3.44. The van der Waals surface area contributed by atoms with Crippen LogP contribution in [-0.2, 0) is 0 Å². The molecule has 1 aliphatic rings. The third-order valence-corrected chi connectivity index (χ3v) is 3.44. The minimum absolute atomic E-state index is 0. The number of nitrogens with two attached hydrogens (primary N) is 1. The summed E-state index contributed by atoms with van der Waals surface area (Å²) in [5.74, 6) is 1.43. The van der Waals surface area contributed by atoms with Gasteiger partial charge in [0.05, 0.1) is 0 Å². The molecule has 0 saturated heterocycles. The Kier molecular flexibility index (Phi) is 5.13. The van der Waals surface area contributed by atoms with Crippen molar-refractivity contribution in [2.24, 2.45) is 11.7 Å². The smallest absolute Gasteiger partial charge is 0.00430 e. The number of hydrogen-bond donors (Lipinski definition) is 1. The van der Waals surface area contributed by atoms with Gasteiger partial charge in [-0.25, -0.2) is 0 Å². The highest BCUT2D eigenvalue weighted by molar-refractivity contribution is 5.85. The van der Waals surface area contributed by atoms with Crippen molar-refractivity contribution < 1.29 is 0 Å². The van der Waals surface area contributed by atoms with Gasteiger partial charge < -0.3 is 5.73 Å². The van der Waals surface area contributed by atoms with E-state index in [4.69, 9.17) is 5.73 Å². The lowest BCUT2D eigenvalue weighted by Gasteiger charge is -2.30. The average molecular weight is 226 g/mol. The normalized spacial score (nSPS) is 25.7. The lowest BCUT2D eigenvalue weighted by molar-refractivity contribution is 0.314. The summed E-state index contributed by atoms with van der Waals surface area (Å²) in [6.45, 7) is 0.847. The minimum Gasteiger partial charge on any atom is -0.330 e. The van der Waals surface area contributed by atoms with E-state index in [1.165, 1.54) is 31.2 Å². The summed E-state index contributed by atoms with van der Waals surface area (Å²) < 4.78 is 0. The van der Waals surface area contributed by atoms with Gasteiger partial charge in [-0.15, -0.1) is 12.4 Å². The topological polar surface area (TPSA) is 26.0 Å². The van der Waals surface area contributed by atoms with E-state index in [0.717, 1.165) is 12.5 Å². The zero-order valence-electron chi connectivity index (χ0n) is 9.06. The first-order valence-electron chi connectivity index (χ1n) is 5.67. The Labute approximate surface area is 98.5 Å². The van der Waals surface area contributed by atoms with E-state index >= 15 is 0 Å². The molecule has 1 aliphatic carbocycles. The summed E-state index contributed by atoms with van der Waals surface area (Å²) in [4.78, 5) is 0. The molecule has 2 N–H and O–H groups in total. The van der Waals surface area contributed by atoms with Crippen molar-refractivity contribution in [3.8, 4) is 0 Å². The van der Waals surface area contributed by atoms with Crippen LogP contribution in [0.5, 0.6) is 0 Å². The van der Waals surface area contributed by atoms with Gasteiger partial charge in [0, 0.05) is 0 Å². The van der Waals surface area contributed by atoms with Gasteiger partial charge in [0.2, 0.25) is 0 Å². The maximum Gasteiger partial charge on any atom is -0.00430 e. The van der Waals surface area contributed by atoms with E-state index in [1.54, 1.807) is 0 Å². The lowest BCUT2D eigenvalue weighted by atomic mass is 9.75. The summed E-state index contributed by atoms with van der Waals surface area (Å²) in [6, 6.07) is 10.9. The Balaban J connectivity index is 0.00000112. The molecule has 2 rings (SSSR count). The summed E-state index contributed by atoms with van der Waals surface area (Å²) >= 11 is 0.